The maximum atomic E-state index is 14.3. The SMILES string of the molecule is COc1ncc(Nc2nc3ccc(CC=O)cn3c2-c2cc(N)nc(C)n2)cc1F.COc1ncc(Nc2nc3ccc(N4CCN(C(=O)N(C)C)CC4)nn3c2-c2cc(N)nc(C)n2)cc1F. The number of pyridine rings is 3. The molecule has 68 heavy (non-hydrogen) atoms. The Hall–Kier alpha value is -8.83. The van der Waals surface area contributed by atoms with Gasteiger partial charge in [0.1, 0.15) is 52.4 Å². The molecule has 22 nitrogen and oxygen atoms in total. The highest BCUT2D eigenvalue weighted by Gasteiger charge is 2.25. The van der Waals surface area contributed by atoms with Crippen molar-refractivity contribution in [2.75, 3.05) is 81.5 Å². The van der Waals surface area contributed by atoms with Gasteiger partial charge in [-0.25, -0.2) is 58.0 Å². The predicted molar refractivity (Wildman–Crippen MR) is 249 cm³/mol. The Balaban J connectivity index is 0.000000189. The molecule has 1 fully saturated rings. The first-order chi connectivity index (χ1) is 32.7. The van der Waals surface area contributed by atoms with Crippen LogP contribution in [0, 0.1) is 25.5 Å². The number of anilines is 7. The van der Waals surface area contributed by atoms with Crippen molar-refractivity contribution in [2.24, 2.45) is 0 Å². The van der Waals surface area contributed by atoms with Gasteiger partial charge in [-0.3, -0.25) is 4.40 Å². The number of hydrogen-bond acceptors (Lipinski definition) is 18. The van der Waals surface area contributed by atoms with Crippen LogP contribution < -0.4 is 36.5 Å². The fourth-order valence-electron chi connectivity index (χ4n) is 7.44. The number of piperazine rings is 1. The van der Waals surface area contributed by atoms with Crippen LogP contribution in [0.3, 0.4) is 0 Å². The lowest BCUT2D eigenvalue weighted by Crippen LogP contribution is -2.51. The fraction of sp³-hybridized carbons (Fsp3) is 0.250. The van der Waals surface area contributed by atoms with Crippen molar-refractivity contribution in [1.82, 2.24) is 63.7 Å². The number of nitrogens with zero attached hydrogens (tertiary/aromatic N) is 14. The number of rotatable bonds is 11. The molecule has 0 aliphatic carbocycles. The molecular weight excluding hydrogens is 883 g/mol. The largest absolute Gasteiger partial charge is 0.479 e. The highest BCUT2D eigenvalue weighted by Crippen LogP contribution is 2.34. The molecule has 2 amide bonds. The van der Waals surface area contributed by atoms with Crippen LogP contribution in [0.5, 0.6) is 11.8 Å². The summed E-state index contributed by atoms with van der Waals surface area (Å²) >= 11 is 0. The molecule has 0 bridgehead atoms. The van der Waals surface area contributed by atoms with E-state index in [1.165, 1.54) is 38.7 Å². The van der Waals surface area contributed by atoms with Crippen LogP contribution in [0.25, 0.3) is 34.1 Å². The van der Waals surface area contributed by atoms with E-state index in [4.69, 9.17) is 26.0 Å². The second-order valence-corrected chi connectivity index (χ2v) is 15.5. The number of aryl methyl sites for hydroxylation is 2. The van der Waals surface area contributed by atoms with Gasteiger partial charge in [-0.1, -0.05) is 6.07 Å². The summed E-state index contributed by atoms with van der Waals surface area (Å²) in [5, 5.41) is 11.1. The third-order valence-electron chi connectivity index (χ3n) is 10.4. The zero-order chi connectivity index (χ0) is 48.2. The van der Waals surface area contributed by atoms with Crippen LogP contribution in [0.1, 0.15) is 17.2 Å². The van der Waals surface area contributed by atoms with Gasteiger partial charge in [-0.05, 0) is 37.6 Å². The molecule has 0 unspecified atom stereocenters. The number of amides is 2. The van der Waals surface area contributed by atoms with Crippen LogP contribution in [0.4, 0.5) is 54.0 Å². The van der Waals surface area contributed by atoms with Crippen molar-refractivity contribution in [1.29, 1.82) is 0 Å². The zero-order valence-corrected chi connectivity index (χ0v) is 37.8. The molecule has 350 valence electrons. The Morgan fingerprint density at radius 3 is 1.82 bits per heavy atom. The van der Waals surface area contributed by atoms with E-state index in [9.17, 15) is 18.4 Å². The summed E-state index contributed by atoms with van der Waals surface area (Å²) in [5.41, 5.74) is 16.8. The van der Waals surface area contributed by atoms with Crippen molar-refractivity contribution in [3.05, 3.63) is 96.0 Å². The van der Waals surface area contributed by atoms with Gasteiger partial charge in [-0.15, -0.1) is 5.10 Å². The average Bonchev–Trinajstić information content (AvgIpc) is 3.85. The summed E-state index contributed by atoms with van der Waals surface area (Å²) in [6.07, 6.45) is 5.78. The lowest BCUT2D eigenvalue weighted by Gasteiger charge is -2.36. The molecule has 1 aliphatic heterocycles. The molecule has 8 aromatic heterocycles. The van der Waals surface area contributed by atoms with Crippen molar-refractivity contribution in [3.63, 3.8) is 0 Å². The van der Waals surface area contributed by atoms with Crippen molar-refractivity contribution >= 4 is 64.1 Å². The third-order valence-corrected chi connectivity index (χ3v) is 10.4. The molecule has 0 aromatic carbocycles. The number of carbonyl (C=O) groups excluding carboxylic acids is 2. The Morgan fingerprint density at radius 2 is 1.29 bits per heavy atom. The van der Waals surface area contributed by atoms with Crippen molar-refractivity contribution in [3.8, 4) is 34.5 Å². The summed E-state index contributed by atoms with van der Waals surface area (Å²) < 4.78 is 41.7. The monoisotopic (exact) mass is 928 g/mol. The number of fused-ring (bicyclic) bond motifs is 2. The molecular formula is C44H46F2N18O4. The number of ether oxygens (including phenoxy) is 2. The number of carbonyl (C=O) groups is 2. The van der Waals surface area contributed by atoms with E-state index in [0.29, 0.717) is 107 Å². The van der Waals surface area contributed by atoms with Crippen molar-refractivity contribution < 1.29 is 27.8 Å². The van der Waals surface area contributed by atoms with Gasteiger partial charge in [-0.2, -0.15) is 0 Å². The first-order valence-corrected chi connectivity index (χ1v) is 20.9. The average molecular weight is 929 g/mol. The number of nitrogens with two attached hydrogens (primary N) is 2. The number of nitrogens with one attached hydrogen (secondary N) is 2. The number of halogens is 2. The van der Waals surface area contributed by atoms with Gasteiger partial charge in [0, 0.05) is 77.2 Å². The van der Waals surface area contributed by atoms with Gasteiger partial charge in [0.05, 0.1) is 49.4 Å². The minimum atomic E-state index is -0.614. The number of urea groups is 1. The topological polar surface area (TPSA) is 263 Å². The lowest BCUT2D eigenvalue weighted by molar-refractivity contribution is -0.107. The van der Waals surface area contributed by atoms with Crippen LogP contribution in [-0.2, 0) is 11.2 Å². The predicted octanol–water partition coefficient (Wildman–Crippen LogP) is 4.88. The highest BCUT2D eigenvalue weighted by molar-refractivity contribution is 5.80. The maximum Gasteiger partial charge on any atom is 0.319 e. The lowest BCUT2D eigenvalue weighted by atomic mass is 10.2. The second-order valence-electron chi connectivity index (χ2n) is 15.5. The molecule has 1 saturated heterocycles. The molecule has 1 aliphatic rings. The van der Waals surface area contributed by atoms with Gasteiger partial charge >= 0.3 is 6.03 Å². The standard InChI is InChI=1S/C24H28FN11O2.C20H18FN7O2/c1-14-28-17(12-18(26)29-14)21-22(30-15-11-16(25)23(38-4)27-13-15)31-19-5-6-20(32-36(19)21)34-7-9-35(10-8-34)24(37)33(2)3;1-11-24-15(8-16(22)25-11)18-19(26-13-7-14(21)20(30-2)23-9-13)27-17-4-3-12(5-6-29)10-28(17)18/h5-6,11-13,30H,7-10H2,1-4H3,(H2,26,28,29);3-4,6-10,26H,5H2,1-2H3,(H2,22,24,25). The molecule has 9 rings (SSSR count). The van der Waals surface area contributed by atoms with Crippen LogP contribution in [-0.4, -0.2) is 130 Å². The highest BCUT2D eigenvalue weighted by atomic mass is 19.1. The molecule has 0 atom stereocenters. The fourth-order valence-corrected chi connectivity index (χ4v) is 7.44. The number of methoxy groups -OCH3 is 2. The van der Waals surface area contributed by atoms with Crippen LogP contribution in [0.15, 0.2) is 67.1 Å². The van der Waals surface area contributed by atoms with Gasteiger partial charge < -0.3 is 51.1 Å². The van der Waals surface area contributed by atoms with Gasteiger partial charge in [0.15, 0.2) is 28.9 Å². The van der Waals surface area contributed by atoms with E-state index < -0.39 is 11.6 Å². The first-order valence-electron chi connectivity index (χ1n) is 20.9. The zero-order valence-electron chi connectivity index (χ0n) is 37.8. The van der Waals surface area contributed by atoms with Crippen molar-refractivity contribution in [2.45, 2.75) is 20.3 Å². The smallest absolute Gasteiger partial charge is 0.319 e. The summed E-state index contributed by atoms with van der Waals surface area (Å²) in [6.45, 7) is 5.90. The molecule has 0 saturated carbocycles. The van der Waals surface area contributed by atoms with E-state index in [-0.39, 0.29) is 24.2 Å². The summed E-state index contributed by atoms with van der Waals surface area (Å²) in [7, 11) is 6.18. The van der Waals surface area contributed by atoms with E-state index in [1.807, 2.05) is 23.1 Å². The van der Waals surface area contributed by atoms with Crippen LogP contribution >= 0.6 is 0 Å². The second kappa shape index (κ2) is 19.3. The number of aldehydes is 1. The van der Waals surface area contributed by atoms with E-state index in [2.05, 4.69) is 55.4 Å². The molecule has 0 radical (unpaired) electrons. The number of imidazole rings is 2. The molecule has 6 N–H and O–H groups in total. The Kier molecular flexibility index (Phi) is 13.0. The summed E-state index contributed by atoms with van der Waals surface area (Å²) in [5.74, 6) is 1.67. The molecule has 8 aromatic rings. The molecule has 9 heterocycles. The molecule has 0 spiro atoms. The minimum absolute atomic E-state index is 0.0122. The van der Waals surface area contributed by atoms with Gasteiger partial charge in [0.2, 0.25) is 11.8 Å². The van der Waals surface area contributed by atoms with E-state index in [1.54, 1.807) is 66.2 Å². The Labute approximate surface area is 387 Å². The number of aromatic nitrogens is 11. The first kappa shape index (κ1) is 45.7. The quantitative estimate of drug-likeness (QED) is 0.126. The third kappa shape index (κ3) is 9.73. The molecule has 24 heteroatoms. The normalized spacial score (nSPS) is 12.4. The van der Waals surface area contributed by atoms with E-state index >= 15 is 0 Å². The summed E-state index contributed by atoms with van der Waals surface area (Å²) in [6, 6.07) is 13.1. The summed E-state index contributed by atoms with van der Waals surface area (Å²) in [4.78, 5) is 63.3. The van der Waals surface area contributed by atoms with Gasteiger partial charge in [0.25, 0.3) is 0 Å². The number of nitrogen functional groups attached to an aromatic ring is 2. The maximum absolute atomic E-state index is 14.3. The van der Waals surface area contributed by atoms with Crippen LogP contribution in [0.2, 0.25) is 0 Å². The van der Waals surface area contributed by atoms with E-state index in [0.717, 1.165) is 17.7 Å². The minimum Gasteiger partial charge on any atom is -0.479 e. The Morgan fingerprint density at radius 1 is 0.750 bits per heavy atom. The number of hydrogen-bond donors (Lipinski definition) is 4. The Bertz CT molecular complexity index is 3130.